The van der Waals surface area contributed by atoms with E-state index >= 15 is 0 Å². The fourth-order valence-corrected chi connectivity index (χ4v) is 2.58. The molecule has 0 saturated heterocycles. The van der Waals surface area contributed by atoms with Gasteiger partial charge in [-0.15, -0.1) is 0 Å². The summed E-state index contributed by atoms with van der Waals surface area (Å²) in [7, 11) is 0. The second-order valence-electron chi connectivity index (χ2n) is 4.79. The van der Waals surface area contributed by atoms with Gasteiger partial charge >= 0.3 is 0 Å². The summed E-state index contributed by atoms with van der Waals surface area (Å²) in [6.07, 6.45) is 9.83. The van der Waals surface area contributed by atoms with Crippen molar-refractivity contribution in [2.75, 3.05) is 6.54 Å². The molecule has 2 N–H and O–H groups in total. The molecule has 1 heterocycles. The normalized spacial score (nSPS) is 19.1. The minimum atomic E-state index is 0.391. The van der Waals surface area contributed by atoms with Gasteiger partial charge in [0.25, 0.3) is 0 Å². The molecule has 1 unspecified atom stereocenters. The highest BCUT2D eigenvalue weighted by atomic mass is 15.3. The molecule has 1 fully saturated rings. The molecule has 1 aliphatic rings. The fourth-order valence-electron chi connectivity index (χ4n) is 2.58. The summed E-state index contributed by atoms with van der Waals surface area (Å²) in [6, 6.07) is 0.391. The summed E-state index contributed by atoms with van der Waals surface area (Å²) in [5.41, 5.74) is 1.07. The average Bonchev–Trinajstić information content (AvgIpc) is 2.96. The predicted octanol–water partition coefficient (Wildman–Crippen LogP) is 2.43. The highest BCUT2D eigenvalue weighted by molar-refractivity contribution is 5.00. The Morgan fingerprint density at radius 3 is 2.94 bits per heavy atom. The summed E-state index contributed by atoms with van der Waals surface area (Å²) in [4.78, 5) is 0. The first-order valence-electron chi connectivity index (χ1n) is 6.49. The summed E-state index contributed by atoms with van der Waals surface area (Å²) >= 11 is 0. The van der Waals surface area contributed by atoms with Crippen molar-refractivity contribution >= 4 is 0 Å². The number of aromatic amines is 1. The maximum atomic E-state index is 4.21. The molecule has 1 aromatic heterocycles. The largest absolute Gasteiger partial charge is 0.309 e. The van der Waals surface area contributed by atoms with E-state index in [9.17, 15) is 0 Å². The van der Waals surface area contributed by atoms with Crippen LogP contribution in [0.25, 0.3) is 0 Å². The van der Waals surface area contributed by atoms with Crippen LogP contribution in [0.3, 0.4) is 0 Å². The third-order valence-corrected chi connectivity index (χ3v) is 3.48. The van der Waals surface area contributed by atoms with E-state index in [0.717, 1.165) is 18.2 Å². The number of rotatable bonds is 6. The van der Waals surface area contributed by atoms with E-state index in [1.807, 2.05) is 6.20 Å². The number of aromatic nitrogens is 3. The number of H-pyrrole nitrogens is 1. The summed E-state index contributed by atoms with van der Waals surface area (Å²) in [5, 5.41) is 14.4. The van der Waals surface area contributed by atoms with Crippen molar-refractivity contribution in [1.29, 1.82) is 0 Å². The fraction of sp³-hybridized carbons (Fsp3) is 0.833. The molecule has 0 spiro atoms. The first-order chi connectivity index (χ1) is 7.90. The van der Waals surface area contributed by atoms with Crippen molar-refractivity contribution < 1.29 is 0 Å². The lowest BCUT2D eigenvalue weighted by atomic mass is 9.96. The lowest BCUT2D eigenvalue weighted by Gasteiger charge is -2.19. The standard InChI is InChI=1S/C12H22N4/c1-2-7-13-11(12-9-14-16-15-12)8-10-5-3-4-6-10/h9-11,13H,2-8H2,1H3,(H,14,15,16). The van der Waals surface area contributed by atoms with Crippen molar-refractivity contribution in [3.63, 3.8) is 0 Å². The van der Waals surface area contributed by atoms with Crippen LogP contribution >= 0.6 is 0 Å². The maximum absolute atomic E-state index is 4.21. The molecule has 0 amide bonds. The lowest BCUT2D eigenvalue weighted by Crippen LogP contribution is -2.24. The van der Waals surface area contributed by atoms with Gasteiger partial charge in [-0.25, -0.2) is 0 Å². The predicted molar refractivity (Wildman–Crippen MR) is 64.0 cm³/mol. The quantitative estimate of drug-likeness (QED) is 0.777. The Morgan fingerprint density at radius 1 is 1.50 bits per heavy atom. The zero-order valence-corrected chi connectivity index (χ0v) is 10.1. The molecule has 0 bridgehead atoms. The van der Waals surface area contributed by atoms with E-state index in [1.165, 1.54) is 38.5 Å². The van der Waals surface area contributed by atoms with Crippen LogP contribution < -0.4 is 5.32 Å². The van der Waals surface area contributed by atoms with Crippen molar-refractivity contribution in [3.8, 4) is 0 Å². The van der Waals surface area contributed by atoms with Crippen LogP contribution in [0.1, 0.15) is 57.2 Å². The van der Waals surface area contributed by atoms with Crippen LogP contribution in [-0.2, 0) is 0 Å². The van der Waals surface area contributed by atoms with Gasteiger partial charge in [-0.2, -0.15) is 15.4 Å². The molecule has 1 saturated carbocycles. The van der Waals surface area contributed by atoms with Crippen LogP contribution in [-0.4, -0.2) is 22.0 Å². The highest BCUT2D eigenvalue weighted by Crippen LogP contribution is 2.32. The summed E-state index contributed by atoms with van der Waals surface area (Å²) in [6.45, 7) is 3.26. The highest BCUT2D eigenvalue weighted by Gasteiger charge is 2.22. The Bertz CT molecular complexity index is 277. The minimum Gasteiger partial charge on any atom is -0.309 e. The van der Waals surface area contributed by atoms with Crippen LogP contribution in [0.15, 0.2) is 6.20 Å². The van der Waals surface area contributed by atoms with Gasteiger partial charge in [0.15, 0.2) is 0 Å². The summed E-state index contributed by atoms with van der Waals surface area (Å²) < 4.78 is 0. The van der Waals surface area contributed by atoms with Gasteiger partial charge in [0, 0.05) is 0 Å². The van der Waals surface area contributed by atoms with Crippen LogP contribution in [0.5, 0.6) is 0 Å². The molecule has 1 atom stereocenters. The number of hydrogen-bond donors (Lipinski definition) is 2. The van der Waals surface area contributed by atoms with Crippen molar-refractivity contribution in [3.05, 3.63) is 11.9 Å². The SMILES string of the molecule is CCCNC(CC1CCCC1)c1cn[nH]n1. The van der Waals surface area contributed by atoms with Gasteiger partial charge in [0.1, 0.15) is 0 Å². The monoisotopic (exact) mass is 222 g/mol. The van der Waals surface area contributed by atoms with E-state index in [4.69, 9.17) is 0 Å². The van der Waals surface area contributed by atoms with Gasteiger partial charge in [-0.05, 0) is 25.3 Å². The molecular weight excluding hydrogens is 200 g/mol. The first-order valence-corrected chi connectivity index (χ1v) is 6.49. The lowest BCUT2D eigenvalue weighted by molar-refractivity contribution is 0.389. The van der Waals surface area contributed by atoms with Crippen molar-refractivity contribution in [2.45, 2.75) is 51.5 Å². The van der Waals surface area contributed by atoms with Gasteiger partial charge in [0.2, 0.25) is 0 Å². The van der Waals surface area contributed by atoms with Gasteiger partial charge in [-0.3, -0.25) is 0 Å². The summed E-state index contributed by atoms with van der Waals surface area (Å²) in [5.74, 6) is 0.881. The maximum Gasteiger partial charge on any atom is 0.0993 e. The zero-order valence-electron chi connectivity index (χ0n) is 10.1. The molecule has 0 aliphatic heterocycles. The first kappa shape index (κ1) is 11.6. The smallest absolute Gasteiger partial charge is 0.0993 e. The Morgan fingerprint density at radius 2 is 2.31 bits per heavy atom. The van der Waals surface area contributed by atoms with Crippen LogP contribution in [0.2, 0.25) is 0 Å². The molecule has 1 aromatic rings. The molecular formula is C12H22N4. The second kappa shape index (κ2) is 5.99. The number of hydrogen-bond acceptors (Lipinski definition) is 3. The molecule has 0 radical (unpaired) electrons. The molecule has 16 heavy (non-hydrogen) atoms. The zero-order chi connectivity index (χ0) is 11.2. The van der Waals surface area contributed by atoms with Crippen LogP contribution in [0.4, 0.5) is 0 Å². The van der Waals surface area contributed by atoms with Crippen LogP contribution in [0, 0.1) is 5.92 Å². The van der Waals surface area contributed by atoms with E-state index in [1.54, 1.807) is 0 Å². The number of nitrogens with zero attached hydrogens (tertiary/aromatic N) is 2. The number of nitrogens with one attached hydrogen (secondary N) is 2. The van der Waals surface area contributed by atoms with Gasteiger partial charge in [-0.1, -0.05) is 32.6 Å². The molecule has 2 rings (SSSR count). The average molecular weight is 222 g/mol. The van der Waals surface area contributed by atoms with Gasteiger partial charge in [0.05, 0.1) is 17.9 Å². The Labute approximate surface area is 97.2 Å². The van der Waals surface area contributed by atoms with Gasteiger partial charge < -0.3 is 5.32 Å². The van der Waals surface area contributed by atoms with Crippen molar-refractivity contribution in [1.82, 2.24) is 20.7 Å². The van der Waals surface area contributed by atoms with E-state index in [2.05, 4.69) is 27.7 Å². The van der Waals surface area contributed by atoms with E-state index in [-0.39, 0.29) is 0 Å². The molecule has 0 aromatic carbocycles. The molecule has 90 valence electrons. The third kappa shape index (κ3) is 3.04. The molecule has 1 aliphatic carbocycles. The Balaban J connectivity index is 1.91. The second-order valence-corrected chi connectivity index (χ2v) is 4.79. The topological polar surface area (TPSA) is 53.6 Å². The Hall–Kier alpha value is -0.900. The van der Waals surface area contributed by atoms with E-state index in [0.29, 0.717) is 6.04 Å². The molecule has 4 heteroatoms. The Kier molecular flexibility index (Phi) is 4.34. The molecule has 4 nitrogen and oxygen atoms in total. The van der Waals surface area contributed by atoms with Crippen molar-refractivity contribution in [2.24, 2.45) is 5.92 Å². The van der Waals surface area contributed by atoms with E-state index < -0.39 is 0 Å². The third-order valence-electron chi connectivity index (χ3n) is 3.48. The minimum absolute atomic E-state index is 0.391.